The van der Waals surface area contributed by atoms with Gasteiger partial charge in [0.15, 0.2) is 5.96 Å². The molecule has 0 bridgehead atoms. The van der Waals surface area contributed by atoms with Crippen LogP contribution in [0.1, 0.15) is 38.3 Å². The van der Waals surface area contributed by atoms with E-state index < -0.39 is 0 Å². The molecule has 17 heavy (non-hydrogen) atoms. The first kappa shape index (κ1) is 13.5. The highest BCUT2D eigenvalue weighted by atomic mass is 16.5. The van der Waals surface area contributed by atoms with Crippen molar-refractivity contribution < 1.29 is 4.52 Å². The van der Waals surface area contributed by atoms with Gasteiger partial charge in [-0.25, -0.2) is 0 Å². The van der Waals surface area contributed by atoms with Crippen molar-refractivity contribution in [3.63, 3.8) is 0 Å². The molecule has 0 radical (unpaired) electrons. The Morgan fingerprint density at radius 2 is 2.24 bits per heavy atom. The molecule has 0 spiro atoms. The Morgan fingerprint density at radius 1 is 1.35 bits per heavy atom. The van der Waals surface area contributed by atoms with E-state index in [1.54, 1.807) is 13.3 Å². The minimum absolute atomic E-state index is 0.630. The van der Waals surface area contributed by atoms with Gasteiger partial charge in [0.2, 0.25) is 0 Å². The zero-order valence-electron chi connectivity index (χ0n) is 10.7. The molecule has 0 amide bonds. The van der Waals surface area contributed by atoms with Gasteiger partial charge in [-0.15, -0.1) is 0 Å². The van der Waals surface area contributed by atoms with E-state index in [-0.39, 0.29) is 0 Å². The molecule has 5 heteroatoms. The number of unbranched alkanes of at least 4 members (excludes halogenated alkanes) is 3. The molecule has 0 unspecified atom stereocenters. The summed E-state index contributed by atoms with van der Waals surface area (Å²) in [5, 5.41) is 10.3. The first-order valence-corrected chi connectivity index (χ1v) is 6.20. The van der Waals surface area contributed by atoms with E-state index in [0.29, 0.717) is 6.54 Å². The lowest BCUT2D eigenvalue weighted by Crippen LogP contribution is -2.37. The first-order chi connectivity index (χ1) is 8.36. The monoisotopic (exact) mass is 238 g/mol. The quantitative estimate of drug-likeness (QED) is 0.433. The summed E-state index contributed by atoms with van der Waals surface area (Å²) in [7, 11) is 1.77. The zero-order chi connectivity index (χ0) is 12.3. The third kappa shape index (κ3) is 5.94. The highest BCUT2D eigenvalue weighted by Gasteiger charge is 1.99. The second-order valence-corrected chi connectivity index (χ2v) is 3.90. The van der Waals surface area contributed by atoms with Gasteiger partial charge in [0.25, 0.3) is 0 Å². The third-order valence-corrected chi connectivity index (χ3v) is 2.47. The molecule has 0 aliphatic heterocycles. The second-order valence-electron chi connectivity index (χ2n) is 3.90. The molecule has 1 aromatic rings. The van der Waals surface area contributed by atoms with Crippen molar-refractivity contribution in [1.82, 2.24) is 15.8 Å². The number of nitrogens with zero attached hydrogens (tertiary/aromatic N) is 2. The Balaban J connectivity index is 2.12. The van der Waals surface area contributed by atoms with Gasteiger partial charge in [0, 0.05) is 19.7 Å². The van der Waals surface area contributed by atoms with Crippen molar-refractivity contribution in [3.05, 3.63) is 18.0 Å². The standard InChI is InChI=1S/C12H22N4O/c1-3-4-5-6-8-14-12(13-2)15-10-11-7-9-17-16-11/h7,9H,3-6,8,10H2,1-2H3,(H2,13,14,15). The maximum absolute atomic E-state index is 4.76. The highest BCUT2D eigenvalue weighted by molar-refractivity contribution is 5.79. The number of rotatable bonds is 7. The minimum atomic E-state index is 0.630. The highest BCUT2D eigenvalue weighted by Crippen LogP contribution is 1.97. The number of hydrogen-bond donors (Lipinski definition) is 2. The summed E-state index contributed by atoms with van der Waals surface area (Å²) >= 11 is 0. The molecule has 0 aliphatic carbocycles. The van der Waals surface area contributed by atoms with E-state index in [2.05, 4.69) is 27.7 Å². The van der Waals surface area contributed by atoms with Crippen molar-refractivity contribution in [1.29, 1.82) is 0 Å². The molecule has 5 nitrogen and oxygen atoms in total. The predicted octanol–water partition coefficient (Wildman–Crippen LogP) is 1.92. The van der Waals surface area contributed by atoms with Crippen molar-refractivity contribution >= 4 is 5.96 Å². The molecule has 0 aromatic carbocycles. The van der Waals surface area contributed by atoms with E-state index in [1.165, 1.54) is 25.7 Å². The van der Waals surface area contributed by atoms with Crippen LogP contribution in [0.25, 0.3) is 0 Å². The Morgan fingerprint density at radius 3 is 2.88 bits per heavy atom. The van der Waals surface area contributed by atoms with Gasteiger partial charge < -0.3 is 15.2 Å². The third-order valence-electron chi connectivity index (χ3n) is 2.47. The lowest BCUT2D eigenvalue weighted by Gasteiger charge is -2.10. The van der Waals surface area contributed by atoms with Crippen LogP contribution in [0.15, 0.2) is 21.8 Å². The fourth-order valence-electron chi connectivity index (χ4n) is 1.48. The Labute approximate surface area is 103 Å². The SMILES string of the molecule is CCCCCCNC(=NC)NCc1ccon1. The molecule has 1 heterocycles. The molecule has 1 aromatic heterocycles. The molecule has 0 saturated carbocycles. The van der Waals surface area contributed by atoms with Crippen molar-refractivity contribution in [3.8, 4) is 0 Å². The van der Waals surface area contributed by atoms with Crippen LogP contribution in [0.2, 0.25) is 0 Å². The Kier molecular flexibility index (Phi) is 6.86. The summed E-state index contributed by atoms with van der Waals surface area (Å²) in [6.45, 7) is 3.80. The van der Waals surface area contributed by atoms with Gasteiger partial charge in [-0.05, 0) is 6.42 Å². The first-order valence-electron chi connectivity index (χ1n) is 6.20. The van der Waals surface area contributed by atoms with Crippen LogP contribution < -0.4 is 10.6 Å². The normalized spacial score (nSPS) is 11.5. The largest absolute Gasteiger partial charge is 0.364 e. The second kappa shape index (κ2) is 8.61. The number of aliphatic imine (C=N–C) groups is 1. The lowest BCUT2D eigenvalue weighted by atomic mass is 10.2. The summed E-state index contributed by atoms with van der Waals surface area (Å²) in [4.78, 5) is 4.14. The van der Waals surface area contributed by atoms with Crippen LogP contribution in [0.4, 0.5) is 0 Å². The molecule has 0 atom stereocenters. The number of nitrogens with one attached hydrogen (secondary N) is 2. The van der Waals surface area contributed by atoms with Gasteiger partial charge in [0.1, 0.15) is 12.0 Å². The molecule has 0 fully saturated rings. The molecule has 96 valence electrons. The molecular weight excluding hydrogens is 216 g/mol. The van der Waals surface area contributed by atoms with E-state index in [1.807, 2.05) is 6.07 Å². The topological polar surface area (TPSA) is 62.5 Å². The number of hydrogen-bond acceptors (Lipinski definition) is 3. The smallest absolute Gasteiger partial charge is 0.191 e. The molecule has 2 N–H and O–H groups in total. The summed E-state index contributed by atoms with van der Waals surface area (Å²) in [5.74, 6) is 0.810. The van der Waals surface area contributed by atoms with E-state index >= 15 is 0 Å². The maximum Gasteiger partial charge on any atom is 0.191 e. The van der Waals surface area contributed by atoms with Crippen LogP contribution in [0.5, 0.6) is 0 Å². The zero-order valence-corrected chi connectivity index (χ0v) is 10.7. The van der Waals surface area contributed by atoms with Gasteiger partial charge in [-0.2, -0.15) is 0 Å². The lowest BCUT2D eigenvalue weighted by molar-refractivity contribution is 0.410. The van der Waals surface area contributed by atoms with Crippen molar-refractivity contribution in [2.45, 2.75) is 39.2 Å². The Bertz CT molecular complexity index is 308. The predicted molar refractivity (Wildman–Crippen MR) is 68.8 cm³/mol. The summed E-state index contributed by atoms with van der Waals surface area (Å²) in [5.41, 5.74) is 0.874. The minimum Gasteiger partial charge on any atom is -0.364 e. The van der Waals surface area contributed by atoms with Crippen molar-refractivity contribution in [2.24, 2.45) is 4.99 Å². The van der Waals surface area contributed by atoms with Crippen LogP contribution in [0.3, 0.4) is 0 Å². The average molecular weight is 238 g/mol. The summed E-state index contributed by atoms with van der Waals surface area (Å²) in [6.07, 6.45) is 6.58. The van der Waals surface area contributed by atoms with Gasteiger partial charge in [-0.1, -0.05) is 31.3 Å². The fraction of sp³-hybridized carbons (Fsp3) is 0.667. The van der Waals surface area contributed by atoms with Gasteiger partial charge in [0.05, 0.1) is 6.54 Å². The van der Waals surface area contributed by atoms with Gasteiger partial charge in [-0.3, -0.25) is 4.99 Å². The molecule has 1 rings (SSSR count). The van der Waals surface area contributed by atoms with Crippen molar-refractivity contribution in [2.75, 3.05) is 13.6 Å². The summed E-state index contributed by atoms with van der Waals surface area (Å²) in [6, 6.07) is 1.83. The van der Waals surface area contributed by atoms with Gasteiger partial charge >= 0.3 is 0 Å². The average Bonchev–Trinajstić information content (AvgIpc) is 2.86. The van der Waals surface area contributed by atoms with Crippen LogP contribution >= 0.6 is 0 Å². The Hall–Kier alpha value is -1.52. The summed E-state index contributed by atoms with van der Waals surface area (Å²) < 4.78 is 4.76. The van der Waals surface area contributed by atoms with Crippen LogP contribution in [-0.2, 0) is 6.54 Å². The van der Waals surface area contributed by atoms with Crippen LogP contribution in [-0.4, -0.2) is 24.7 Å². The number of aromatic nitrogens is 1. The van der Waals surface area contributed by atoms with Crippen LogP contribution in [0, 0.1) is 0 Å². The molecule has 0 saturated heterocycles. The molecular formula is C12H22N4O. The van der Waals surface area contributed by atoms with E-state index in [0.717, 1.165) is 18.2 Å². The number of guanidine groups is 1. The molecule has 0 aliphatic rings. The maximum atomic E-state index is 4.76. The fourth-order valence-corrected chi connectivity index (χ4v) is 1.48. The van der Waals surface area contributed by atoms with E-state index in [9.17, 15) is 0 Å². The van der Waals surface area contributed by atoms with E-state index in [4.69, 9.17) is 4.52 Å².